The van der Waals surface area contributed by atoms with Gasteiger partial charge >= 0.3 is 5.97 Å². The summed E-state index contributed by atoms with van der Waals surface area (Å²) in [6, 6.07) is 4.31. The monoisotopic (exact) mass is 445 g/mol. The van der Waals surface area contributed by atoms with Gasteiger partial charge in [-0.2, -0.15) is 0 Å². The number of aromatic amines is 1. The Kier molecular flexibility index (Phi) is 8.77. The summed E-state index contributed by atoms with van der Waals surface area (Å²) in [6.45, 7) is 3.86. The van der Waals surface area contributed by atoms with Crippen molar-refractivity contribution in [3.8, 4) is 0 Å². The van der Waals surface area contributed by atoms with Crippen LogP contribution in [0.2, 0.25) is 0 Å². The van der Waals surface area contributed by atoms with E-state index in [4.69, 9.17) is 11.5 Å². The van der Waals surface area contributed by atoms with Crippen molar-refractivity contribution >= 4 is 34.6 Å². The maximum atomic E-state index is 13.0. The van der Waals surface area contributed by atoms with Gasteiger partial charge in [-0.3, -0.25) is 14.4 Å². The molecule has 0 aliphatic heterocycles. The number of carbonyl (C=O) groups is 4. The van der Waals surface area contributed by atoms with Gasteiger partial charge in [0.2, 0.25) is 17.7 Å². The summed E-state index contributed by atoms with van der Waals surface area (Å²) in [5, 5.41) is 15.4. The van der Waals surface area contributed by atoms with Gasteiger partial charge in [0.25, 0.3) is 0 Å². The van der Waals surface area contributed by atoms with Gasteiger partial charge in [-0.1, -0.05) is 32.0 Å². The number of benzene rings is 1. The van der Waals surface area contributed by atoms with E-state index in [1.807, 2.05) is 38.1 Å². The first-order chi connectivity index (χ1) is 15.1. The van der Waals surface area contributed by atoms with E-state index in [1.165, 1.54) is 0 Å². The highest BCUT2D eigenvalue weighted by molar-refractivity contribution is 5.93. The largest absolute Gasteiger partial charge is 0.480 e. The Morgan fingerprint density at radius 3 is 2.34 bits per heavy atom. The molecule has 8 N–H and O–H groups in total. The van der Waals surface area contributed by atoms with E-state index in [-0.39, 0.29) is 25.2 Å². The fourth-order valence-corrected chi connectivity index (χ4v) is 3.44. The third-order valence-corrected chi connectivity index (χ3v) is 5.09. The van der Waals surface area contributed by atoms with Crippen molar-refractivity contribution in [2.24, 2.45) is 17.4 Å². The van der Waals surface area contributed by atoms with Gasteiger partial charge in [0.05, 0.1) is 6.04 Å². The standard InChI is InChI=1S/C22H31N5O5/c1-12(2)9-15(23)20(29)27-18(10-13-11-25-16-6-4-3-5-14(13)16)21(30)26-17(22(31)32)7-8-19(24)28/h3-6,11-12,15,17-18,25H,7-10,23H2,1-2H3,(H2,24,28)(H,26,30)(H,27,29)(H,31,32)/t15-,17-,18-/m0/s1. The first kappa shape index (κ1) is 24.9. The van der Waals surface area contributed by atoms with Crippen molar-refractivity contribution in [1.29, 1.82) is 0 Å². The minimum absolute atomic E-state index is 0.123. The highest BCUT2D eigenvalue weighted by atomic mass is 16.4. The fourth-order valence-electron chi connectivity index (χ4n) is 3.44. The van der Waals surface area contributed by atoms with Crippen LogP contribution in [0.1, 0.15) is 38.7 Å². The first-order valence-corrected chi connectivity index (χ1v) is 10.5. The molecule has 2 aromatic rings. The Morgan fingerprint density at radius 2 is 1.72 bits per heavy atom. The predicted octanol–water partition coefficient (Wildman–Crippen LogP) is 0.404. The fraction of sp³-hybridized carbons (Fsp3) is 0.455. The van der Waals surface area contributed by atoms with Crippen LogP contribution < -0.4 is 22.1 Å². The molecule has 3 atom stereocenters. The maximum Gasteiger partial charge on any atom is 0.326 e. The number of nitrogens with two attached hydrogens (primary N) is 2. The Labute approximate surface area is 186 Å². The van der Waals surface area contributed by atoms with Crippen LogP contribution in [0.15, 0.2) is 30.5 Å². The number of amides is 3. The van der Waals surface area contributed by atoms with Crippen LogP contribution in [0.4, 0.5) is 0 Å². The van der Waals surface area contributed by atoms with Gasteiger partial charge in [0.15, 0.2) is 0 Å². The second-order valence-electron chi connectivity index (χ2n) is 8.27. The molecular formula is C22H31N5O5. The Balaban J connectivity index is 2.23. The second kappa shape index (κ2) is 11.3. The van der Waals surface area contributed by atoms with Crippen LogP contribution in [0.3, 0.4) is 0 Å². The lowest BCUT2D eigenvalue weighted by Crippen LogP contribution is -2.55. The molecule has 3 amide bonds. The van der Waals surface area contributed by atoms with Crippen molar-refractivity contribution in [2.75, 3.05) is 0 Å². The number of para-hydroxylation sites is 1. The summed E-state index contributed by atoms with van der Waals surface area (Å²) < 4.78 is 0. The van der Waals surface area contributed by atoms with Crippen LogP contribution in [-0.4, -0.2) is 51.9 Å². The normalized spacial score (nSPS) is 14.0. The third-order valence-electron chi connectivity index (χ3n) is 5.09. The molecule has 174 valence electrons. The van der Waals surface area contributed by atoms with Gasteiger partial charge in [0, 0.05) is 29.9 Å². The molecule has 0 radical (unpaired) electrons. The zero-order valence-electron chi connectivity index (χ0n) is 18.3. The van der Waals surface area contributed by atoms with Gasteiger partial charge in [-0.25, -0.2) is 4.79 Å². The molecule has 0 spiro atoms. The molecule has 1 aromatic carbocycles. The lowest BCUT2D eigenvalue weighted by molar-refractivity contribution is -0.142. The molecule has 1 heterocycles. The molecule has 0 saturated heterocycles. The van der Waals surface area contributed by atoms with E-state index in [9.17, 15) is 24.3 Å². The van der Waals surface area contributed by atoms with Crippen LogP contribution in [0, 0.1) is 5.92 Å². The van der Waals surface area contributed by atoms with Crippen molar-refractivity contribution in [3.05, 3.63) is 36.0 Å². The Bertz CT molecular complexity index is 971. The summed E-state index contributed by atoms with van der Waals surface area (Å²) in [4.78, 5) is 51.3. The molecule has 32 heavy (non-hydrogen) atoms. The minimum Gasteiger partial charge on any atom is -0.480 e. The minimum atomic E-state index is -1.32. The third kappa shape index (κ3) is 7.09. The van der Waals surface area contributed by atoms with E-state index in [0.717, 1.165) is 16.5 Å². The van der Waals surface area contributed by atoms with Gasteiger partial charge in [-0.15, -0.1) is 0 Å². The summed E-state index contributed by atoms with van der Waals surface area (Å²) in [7, 11) is 0. The molecular weight excluding hydrogens is 414 g/mol. The summed E-state index contributed by atoms with van der Waals surface area (Å²) in [6.07, 6.45) is 1.95. The number of H-pyrrole nitrogens is 1. The maximum absolute atomic E-state index is 13.0. The van der Waals surface area contributed by atoms with Crippen molar-refractivity contribution < 1.29 is 24.3 Å². The number of hydrogen-bond donors (Lipinski definition) is 6. The zero-order chi connectivity index (χ0) is 23.8. The van der Waals surface area contributed by atoms with E-state index >= 15 is 0 Å². The van der Waals surface area contributed by atoms with E-state index in [0.29, 0.717) is 6.42 Å². The number of aliphatic carboxylic acids is 1. The summed E-state index contributed by atoms with van der Waals surface area (Å²) in [5.74, 6) is -2.97. The number of fused-ring (bicyclic) bond motifs is 1. The van der Waals surface area contributed by atoms with E-state index < -0.39 is 41.8 Å². The lowest BCUT2D eigenvalue weighted by atomic mass is 10.0. The highest BCUT2D eigenvalue weighted by Crippen LogP contribution is 2.19. The molecule has 10 heteroatoms. The number of nitrogens with one attached hydrogen (secondary N) is 3. The van der Waals surface area contributed by atoms with Crippen molar-refractivity contribution in [1.82, 2.24) is 15.6 Å². The van der Waals surface area contributed by atoms with Crippen LogP contribution >= 0.6 is 0 Å². The zero-order valence-corrected chi connectivity index (χ0v) is 18.3. The molecule has 0 fully saturated rings. The number of primary amides is 1. The molecule has 0 bridgehead atoms. The quantitative estimate of drug-likeness (QED) is 0.275. The molecule has 1 aromatic heterocycles. The van der Waals surface area contributed by atoms with Crippen molar-refractivity contribution in [2.45, 2.75) is 57.7 Å². The topological polar surface area (TPSA) is 180 Å². The number of hydrogen-bond acceptors (Lipinski definition) is 5. The first-order valence-electron chi connectivity index (χ1n) is 10.5. The average Bonchev–Trinajstić information content (AvgIpc) is 3.12. The van der Waals surface area contributed by atoms with Gasteiger partial charge < -0.3 is 32.2 Å². The van der Waals surface area contributed by atoms with Gasteiger partial charge in [-0.05, 0) is 30.4 Å². The SMILES string of the molecule is CC(C)C[C@H](N)C(=O)N[C@@H](Cc1c[nH]c2ccccc12)C(=O)N[C@@H](CCC(N)=O)C(=O)O. The van der Waals surface area contributed by atoms with Crippen molar-refractivity contribution in [3.63, 3.8) is 0 Å². The van der Waals surface area contributed by atoms with Gasteiger partial charge in [0.1, 0.15) is 12.1 Å². The molecule has 0 saturated carbocycles. The molecule has 0 unspecified atom stereocenters. The number of aromatic nitrogens is 1. The number of rotatable bonds is 12. The van der Waals surface area contributed by atoms with Crippen LogP contribution in [-0.2, 0) is 25.6 Å². The second-order valence-corrected chi connectivity index (χ2v) is 8.27. The summed E-state index contributed by atoms with van der Waals surface area (Å²) >= 11 is 0. The Hall–Kier alpha value is -3.40. The molecule has 2 rings (SSSR count). The average molecular weight is 446 g/mol. The Morgan fingerprint density at radius 1 is 1.06 bits per heavy atom. The molecule has 10 nitrogen and oxygen atoms in total. The summed E-state index contributed by atoms with van der Waals surface area (Å²) in [5.41, 5.74) is 12.7. The number of carboxylic acid groups (broad SMARTS) is 1. The van der Waals surface area contributed by atoms with E-state index in [1.54, 1.807) is 6.20 Å². The smallest absolute Gasteiger partial charge is 0.326 e. The lowest BCUT2D eigenvalue weighted by Gasteiger charge is -2.23. The number of carboxylic acids is 1. The predicted molar refractivity (Wildman–Crippen MR) is 119 cm³/mol. The van der Waals surface area contributed by atoms with Crippen LogP contribution in [0.25, 0.3) is 10.9 Å². The highest BCUT2D eigenvalue weighted by Gasteiger charge is 2.29. The van der Waals surface area contributed by atoms with E-state index in [2.05, 4.69) is 15.6 Å². The molecule has 0 aliphatic carbocycles. The van der Waals surface area contributed by atoms with Crippen LogP contribution in [0.5, 0.6) is 0 Å². The molecule has 0 aliphatic rings. The number of carbonyl (C=O) groups excluding carboxylic acids is 3.